The van der Waals surface area contributed by atoms with Gasteiger partial charge in [0.2, 0.25) is 0 Å². The number of benzene rings is 1. The Labute approximate surface area is 141 Å². The number of hydrogen-bond acceptors (Lipinski definition) is 3. The van der Waals surface area contributed by atoms with Crippen LogP contribution in [0.1, 0.15) is 16.7 Å². The van der Waals surface area contributed by atoms with E-state index in [1.807, 2.05) is 31.5 Å². The van der Waals surface area contributed by atoms with Crippen molar-refractivity contribution in [1.29, 1.82) is 0 Å². The van der Waals surface area contributed by atoms with Gasteiger partial charge in [0.25, 0.3) is 5.56 Å². The first-order valence-corrected chi connectivity index (χ1v) is 7.95. The Morgan fingerprint density at radius 3 is 2.62 bits per heavy atom. The van der Waals surface area contributed by atoms with Crippen LogP contribution < -0.4 is 10.9 Å². The van der Waals surface area contributed by atoms with E-state index in [0.717, 1.165) is 34.5 Å². The Hall–Kier alpha value is -2.88. The number of aromatic nitrogens is 2. The smallest absolute Gasteiger partial charge is 0.253 e. The number of pyridine rings is 2. The number of nitrogens with zero attached hydrogens (tertiary/aromatic N) is 2. The lowest BCUT2D eigenvalue weighted by Crippen LogP contribution is -2.18. The summed E-state index contributed by atoms with van der Waals surface area (Å²) in [5, 5.41) is 3.47. The first kappa shape index (κ1) is 16.0. The number of nitrogens with one attached hydrogen (secondary N) is 1. The molecule has 122 valence electrons. The van der Waals surface area contributed by atoms with E-state index in [1.165, 1.54) is 5.56 Å². The van der Waals surface area contributed by atoms with Gasteiger partial charge in [0.05, 0.1) is 0 Å². The van der Waals surface area contributed by atoms with Gasteiger partial charge in [0.1, 0.15) is 0 Å². The highest BCUT2D eigenvalue weighted by atomic mass is 16.1. The van der Waals surface area contributed by atoms with Gasteiger partial charge in [-0.25, -0.2) is 0 Å². The third kappa shape index (κ3) is 3.38. The van der Waals surface area contributed by atoms with Crippen molar-refractivity contribution in [2.75, 3.05) is 5.32 Å². The summed E-state index contributed by atoms with van der Waals surface area (Å²) in [4.78, 5) is 16.0. The predicted molar refractivity (Wildman–Crippen MR) is 98.2 cm³/mol. The van der Waals surface area contributed by atoms with Crippen molar-refractivity contribution >= 4 is 5.69 Å². The van der Waals surface area contributed by atoms with Crippen LogP contribution in [0.2, 0.25) is 0 Å². The second-order valence-corrected chi connectivity index (χ2v) is 6.07. The van der Waals surface area contributed by atoms with Crippen molar-refractivity contribution in [3.63, 3.8) is 0 Å². The van der Waals surface area contributed by atoms with Gasteiger partial charge in [0, 0.05) is 43.4 Å². The van der Waals surface area contributed by atoms with Crippen molar-refractivity contribution in [3.8, 4) is 11.1 Å². The fourth-order valence-electron chi connectivity index (χ4n) is 2.73. The first-order valence-electron chi connectivity index (χ1n) is 7.95. The molecule has 0 atom stereocenters. The lowest BCUT2D eigenvalue weighted by atomic mass is 10.0. The molecule has 1 aromatic carbocycles. The van der Waals surface area contributed by atoms with Crippen LogP contribution >= 0.6 is 0 Å². The third-order valence-corrected chi connectivity index (χ3v) is 4.14. The number of rotatable bonds is 4. The van der Waals surface area contributed by atoms with Crippen LogP contribution in [0.25, 0.3) is 11.1 Å². The average Bonchev–Trinajstić information content (AvgIpc) is 2.59. The second-order valence-electron chi connectivity index (χ2n) is 6.07. The summed E-state index contributed by atoms with van der Waals surface area (Å²) in [6.07, 6.45) is 5.52. The van der Waals surface area contributed by atoms with E-state index in [0.29, 0.717) is 0 Å². The lowest BCUT2D eigenvalue weighted by molar-refractivity contribution is 0.850. The molecule has 2 aromatic heterocycles. The van der Waals surface area contributed by atoms with Crippen molar-refractivity contribution in [2.24, 2.45) is 7.05 Å². The summed E-state index contributed by atoms with van der Waals surface area (Å²) < 4.78 is 1.63. The summed E-state index contributed by atoms with van der Waals surface area (Å²) >= 11 is 0. The van der Waals surface area contributed by atoms with E-state index in [1.54, 1.807) is 17.8 Å². The largest absolute Gasteiger partial charge is 0.381 e. The summed E-state index contributed by atoms with van der Waals surface area (Å²) in [5.41, 5.74) is 6.33. The molecule has 0 unspecified atom stereocenters. The van der Waals surface area contributed by atoms with Gasteiger partial charge in [-0.1, -0.05) is 18.2 Å². The Morgan fingerprint density at radius 1 is 1.08 bits per heavy atom. The summed E-state index contributed by atoms with van der Waals surface area (Å²) in [6, 6.07) is 12.2. The van der Waals surface area contributed by atoms with Gasteiger partial charge in [0.15, 0.2) is 0 Å². The molecule has 24 heavy (non-hydrogen) atoms. The second kappa shape index (κ2) is 6.71. The van der Waals surface area contributed by atoms with Crippen LogP contribution in [0.4, 0.5) is 5.69 Å². The Bertz CT molecular complexity index is 888. The molecule has 0 aliphatic rings. The predicted octanol–water partition coefficient (Wildman–Crippen LogP) is 3.68. The molecule has 4 heteroatoms. The zero-order chi connectivity index (χ0) is 17.1. The Balaban J connectivity index is 1.90. The molecule has 0 aliphatic carbocycles. The van der Waals surface area contributed by atoms with Gasteiger partial charge in [-0.05, 0) is 54.3 Å². The molecule has 1 N–H and O–H groups in total. The normalized spacial score (nSPS) is 10.6. The number of aryl methyl sites for hydroxylation is 3. The van der Waals surface area contributed by atoms with Crippen molar-refractivity contribution < 1.29 is 0 Å². The fraction of sp³-hybridized carbons (Fsp3) is 0.200. The van der Waals surface area contributed by atoms with E-state index in [2.05, 4.69) is 41.5 Å². The summed E-state index contributed by atoms with van der Waals surface area (Å²) in [7, 11) is 1.79. The molecule has 0 saturated carbocycles. The van der Waals surface area contributed by atoms with Gasteiger partial charge < -0.3 is 9.88 Å². The number of anilines is 1. The van der Waals surface area contributed by atoms with Crippen LogP contribution in [-0.4, -0.2) is 9.55 Å². The lowest BCUT2D eigenvalue weighted by Gasteiger charge is -2.13. The van der Waals surface area contributed by atoms with Gasteiger partial charge >= 0.3 is 0 Å². The molecule has 0 spiro atoms. The molecule has 3 aromatic rings. The van der Waals surface area contributed by atoms with Gasteiger partial charge in [-0.3, -0.25) is 9.78 Å². The van der Waals surface area contributed by atoms with E-state index in [4.69, 9.17) is 0 Å². The fourth-order valence-corrected chi connectivity index (χ4v) is 2.73. The van der Waals surface area contributed by atoms with Crippen LogP contribution in [0.3, 0.4) is 0 Å². The summed E-state index contributed by atoms with van der Waals surface area (Å²) in [6.45, 7) is 4.66. The van der Waals surface area contributed by atoms with Gasteiger partial charge in [-0.2, -0.15) is 0 Å². The molecule has 0 aliphatic heterocycles. The van der Waals surface area contributed by atoms with Crippen LogP contribution in [0.5, 0.6) is 0 Å². The molecule has 2 heterocycles. The Kier molecular flexibility index (Phi) is 4.47. The SMILES string of the molecule is Cc1ccc(-c2cc(C)c(=O)n(C)c2)cc1NCc1cccnc1. The quantitative estimate of drug-likeness (QED) is 0.798. The van der Waals surface area contributed by atoms with E-state index < -0.39 is 0 Å². The molecule has 4 nitrogen and oxygen atoms in total. The highest BCUT2D eigenvalue weighted by Crippen LogP contribution is 2.25. The number of hydrogen-bond donors (Lipinski definition) is 1. The molecular formula is C20H21N3O. The maximum Gasteiger partial charge on any atom is 0.253 e. The standard InChI is InChI=1S/C20H21N3O/c1-14-6-7-17(18-9-15(2)20(24)23(3)13-18)10-19(14)22-12-16-5-4-8-21-11-16/h4-11,13,22H,12H2,1-3H3. The molecule has 0 amide bonds. The minimum Gasteiger partial charge on any atom is -0.381 e. The van der Waals surface area contributed by atoms with Crippen molar-refractivity contribution in [3.05, 3.63) is 82.0 Å². The summed E-state index contributed by atoms with van der Waals surface area (Å²) in [5.74, 6) is 0. The molecule has 0 saturated heterocycles. The molecule has 0 radical (unpaired) electrons. The zero-order valence-corrected chi connectivity index (χ0v) is 14.2. The maximum atomic E-state index is 11.9. The monoisotopic (exact) mass is 319 g/mol. The highest BCUT2D eigenvalue weighted by Gasteiger charge is 2.06. The van der Waals surface area contributed by atoms with E-state index in [-0.39, 0.29) is 5.56 Å². The zero-order valence-electron chi connectivity index (χ0n) is 14.2. The van der Waals surface area contributed by atoms with E-state index >= 15 is 0 Å². The first-order chi connectivity index (χ1) is 11.5. The highest BCUT2D eigenvalue weighted by molar-refractivity contribution is 5.70. The topological polar surface area (TPSA) is 46.9 Å². The van der Waals surface area contributed by atoms with E-state index in [9.17, 15) is 4.79 Å². The molecular weight excluding hydrogens is 298 g/mol. The molecule has 0 bridgehead atoms. The third-order valence-electron chi connectivity index (χ3n) is 4.14. The molecule has 0 fully saturated rings. The Morgan fingerprint density at radius 2 is 1.92 bits per heavy atom. The van der Waals surface area contributed by atoms with Crippen LogP contribution in [0.15, 0.2) is 59.8 Å². The maximum absolute atomic E-state index is 11.9. The van der Waals surface area contributed by atoms with Crippen molar-refractivity contribution in [2.45, 2.75) is 20.4 Å². The van der Waals surface area contributed by atoms with Crippen LogP contribution in [-0.2, 0) is 13.6 Å². The van der Waals surface area contributed by atoms with Crippen LogP contribution in [0, 0.1) is 13.8 Å². The average molecular weight is 319 g/mol. The van der Waals surface area contributed by atoms with Gasteiger partial charge in [-0.15, -0.1) is 0 Å². The minimum absolute atomic E-state index is 0.0424. The van der Waals surface area contributed by atoms with Crippen molar-refractivity contribution in [1.82, 2.24) is 9.55 Å². The minimum atomic E-state index is 0.0424. The molecule has 3 rings (SSSR count).